The van der Waals surface area contributed by atoms with Crippen molar-refractivity contribution < 1.29 is 19.0 Å². The molecule has 1 heterocycles. The van der Waals surface area contributed by atoms with Crippen LogP contribution in [0.4, 0.5) is 10.6 Å². The first-order valence-electron chi connectivity index (χ1n) is 11.3. The van der Waals surface area contributed by atoms with Crippen molar-refractivity contribution >= 4 is 12.0 Å². The molecule has 0 radical (unpaired) electrons. The minimum absolute atomic E-state index is 0.140. The molecule has 1 atom stereocenters. The number of anilines is 1. The van der Waals surface area contributed by atoms with Gasteiger partial charge in [0.2, 0.25) is 0 Å². The summed E-state index contributed by atoms with van der Waals surface area (Å²) in [5.41, 5.74) is 4.20. The molecule has 0 bridgehead atoms. The van der Waals surface area contributed by atoms with Crippen LogP contribution in [-0.2, 0) is 22.6 Å². The van der Waals surface area contributed by atoms with Gasteiger partial charge >= 0.3 is 6.16 Å². The molecule has 7 heteroatoms. The highest BCUT2D eigenvalue weighted by Gasteiger charge is 2.20. The van der Waals surface area contributed by atoms with E-state index >= 15 is 0 Å². The first kappa shape index (κ1) is 23.8. The van der Waals surface area contributed by atoms with E-state index in [9.17, 15) is 4.79 Å². The second-order valence-corrected chi connectivity index (χ2v) is 7.89. The van der Waals surface area contributed by atoms with Gasteiger partial charge in [0, 0.05) is 17.7 Å². The summed E-state index contributed by atoms with van der Waals surface area (Å²) in [7, 11) is 1.64. The zero-order chi connectivity index (χ0) is 24.5. The third-order valence-electron chi connectivity index (χ3n) is 5.41. The summed E-state index contributed by atoms with van der Waals surface area (Å²) in [6.45, 7) is 2.48. The number of aromatic nitrogens is 2. The highest BCUT2D eigenvalue weighted by molar-refractivity contribution is 5.66. The molecule has 3 aromatic carbocycles. The molecule has 0 saturated carbocycles. The smallest absolute Gasteiger partial charge is 0.497 e. The lowest BCUT2D eigenvalue weighted by atomic mass is 10.0. The quantitative estimate of drug-likeness (QED) is 0.293. The zero-order valence-corrected chi connectivity index (χ0v) is 19.7. The van der Waals surface area contributed by atoms with Gasteiger partial charge in [-0.1, -0.05) is 72.8 Å². The molecular weight excluding hydrogens is 442 g/mol. The number of carbonyl (C=O) groups is 1. The van der Waals surface area contributed by atoms with Crippen LogP contribution in [0.1, 0.15) is 29.7 Å². The van der Waals surface area contributed by atoms with Crippen molar-refractivity contribution in [3.8, 4) is 17.0 Å². The number of ether oxygens (including phenoxy) is 3. The summed E-state index contributed by atoms with van der Waals surface area (Å²) in [5.74, 6) is 1.37. The van der Waals surface area contributed by atoms with Gasteiger partial charge in [-0.2, -0.15) is 0 Å². The predicted octanol–water partition coefficient (Wildman–Crippen LogP) is 6.18. The molecule has 4 rings (SSSR count). The highest BCUT2D eigenvalue weighted by atomic mass is 16.7. The Hall–Kier alpha value is -4.39. The van der Waals surface area contributed by atoms with E-state index in [4.69, 9.17) is 14.2 Å². The molecule has 35 heavy (non-hydrogen) atoms. The number of rotatable bonds is 9. The van der Waals surface area contributed by atoms with Crippen molar-refractivity contribution in [1.82, 2.24) is 10.2 Å². The van der Waals surface area contributed by atoms with Crippen molar-refractivity contribution in [3.05, 3.63) is 108 Å². The largest absolute Gasteiger partial charge is 0.509 e. The Kier molecular flexibility index (Phi) is 7.91. The maximum atomic E-state index is 12.4. The summed E-state index contributed by atoms with van der Waals surface area (Å²) in [6.07, 6.45) is -1.35. The van der Waals surface area contributed by atoms with Crippen molar-refractivity contribution in [2.45, 2.75) is 26.2 Å². The molecule has 0 amide bonds. The summed E-state index contributed by atoms with van der Waals surface area (Å²) in [4.78, 5) is 12.4. The van der Waals surface area contributed by atoms with Crippen LogP contribution in [0.5, 0.6) is 5.75 Å². The Morgan fingerprint density at radius 3 is 2.26 bits per heavy atom. The van der Waals surface area contributed by atoms with Gasteiger partial charge in [-0.25, -0.2) is 4.79 Å². The molecule has 1 aromatic heterocycles. The van der Waals surface area contributed by atoms with E-state index in [1.807, 2.05) is 91.0 Å². The molecule has 0 aliphatic rings. The molecule has 7 nitrogen and oxygen atoms in total. The number of benzene rings is 3. The third kappa shape index (κ3) is 6.57. The van der Waals surface area contributed by atoms with Crippen LogP contribution >= 0.6 is 0 Å². The Morgan fingerprint density at radius 2 is 1.57 bits per heavy atom. The second-order valence-electron chi connectivity index (χ2n) is 7.89. The van der Waals surface area contributed by atoms with Crippen LogP contribution in [0, 0.1) is 0 Å². The number of hydrogen-bond acceptors (Lipinski definition) is 7. The SMILES string of the molecule is COc1ccc(CNc2cc(C(C)OC(=O)OCc3ccccc3)c(-c3ccccc3)nn2)cc1. The summed E-state index contributed by atoms with van der Waals surface area (Å²) in [6, 6.07) is 28.8. The second kappa shape index (κ2) is 11.7. The lowest BCUT2D eigenvalue weighted by Crippen LogP contribution is -2.13. The summed E-state index contributed by atoms with van der Waals surface area (Å²) < 4.78 is 16.1. The van der Waals surface area contributed by atoms with Crippen LogP contribution in [-0.4, -0.2) is 23.5 Å². The summed E-state index contributed by atoms with van der Waals surface area (Å²) in [5, 5.41) is 12.1. The first-order chi connectivity index (χ1) is 17.1. The van der Waals surface area contributed by atoms with Gasteiger partial charge in [0.15, 0.2) is 0 Å². The third-order valence-corrected chi connectivity index (χ3v) is 5.41. The Morgan fingerprint density at radius 1 is 0.886 bits per heavy atom. The number of hydrogen-bond donors (Lipinski definition) is 1. The number of nitrogens with zero attached hydrogens (tertiary/aromatic N) is 2. The number of nitrogens with one attached hydrogen (secondary N) is 1. The predicted molar refractivity (Wildman–Crippen MR) is 134 cm³/mol. The van der Waals surface area contributed by atoms with Gasteiger partial charge in [-0.15, -0.1) is 10.2 Å². The van der Waals surface area contributed by atoms with Crippen LogP contribution in [0.2, 0.25) is 0 Å². The number of carbonyl (C=O) groups excluding carboxylic acids is 1. The van der Waals surface area contributed by atoms with Crippen molar-refractivity contribution in [2.24, 2.45) is 0 Å². The van der Waals surface area contributed by atoms with Crippen LogP contribution in [0.15, 0.2) is 91.0 Å². The minimum atomic E-state index is -0.745. The molecule has 0 spiro atoms. The van der Waals surface area contributed by atoms with Gasteiger partial charge in [0.05, 0.1) is 12.8 Å². The molecule has 0 aliphatic carbocycles. The van der Waals surface area contributed by atoms with Crippen molar-refractivity contribution in [2.75, 3.05) is 12.4 Å². The molecule has 1 unspecified atom stereocenters. The normalized spacial score (nSPS) is 11.4. The molecule has 178 valence electrons. The van der Waals surface area contributed by atoms with Crippen molar-refractivity contribution in [3.63, 3.8) is 0 Å². The van der Waals surface area contributed by atoms with Crippen LogP contribution in [0.3, 0.4) is 0 Å². The van der Waals surface area contributed by atoms with Gasteiger partial charge < -0.3 is 19.5 Å². The van der Waals surface area contributed by atoms with Gasteiger partial charge in [0.25, 0.3) is 0 Å². The van der Waals surface area contributed by atoms with E-state index in [1.165, 1.54) is 0 Å². The van der Waals surface area contributed by atoms with E-state index in [-0.39, 0.29) is 6.61 Å². The molecule has 0 saturated heterocycles. The van der Waals surface area contributed by atoms with Crippen LogP contribution in [0.25, 0.3) is 11.3 Å². The van der Waals surface area contributed by atoms with E-state index in [0.717, 1.165) is 28.0 Å². The first-order valence-corrected chi connectivity index (χ1v) is 11.3. The van der Waals surface area contributed by atoms with E-state index in [1.54, 1.807) is 14.0 Å². The van der Waals surface area contributed by atoms with Gasteiger partial charge in [-0.3, -0.25) is 0 Å². The molecule has 0 aliphatic heterocycles. The maximum absolute atomic E-state index is 12.4. The minimum Gasteiger partial charge on any atom is -0.497 e. The van der Waals surface area contributed by atoms with Crippen molar-refractivity contribution in [1.29, 1.82) is 0 Å². The fourth-order valence-electron chi connectivity index (χ4n) is 3.52. The molecule has 4 aromatic rings. The molecule has 1 N–H and O–H groups in total. The average molecular weight is 470 g/mol. The molecular formula is C28H27N3O4. The topological polar surface area (TPSA) is 82.6 Å². The Balaban J connectivity index is 1.49. The van der Waals surface area contributed by atoms with Crippen LogP contribution < -0.4 is 10.1 Å². The lowest BCUT2D eigenvalue weighted by Gasteiger charge is -2.17. The fourth-order valence-corrected chi connectivity index (χ4v) is 3.52. The van der Waals surface area contributed by atoms with Gasteiger partial charge in [-0.05, 0) is 36.2 Å². The van der Waals surface area contributed by atoms with E-state index in [2.05, 4.69) is 15.5 Å². The fraction of sp³-hybridized carbons (Fsp3) is 0.179. The highest BCUT2D eigenvalue weighted by Crippen LogP contribution is 2.30. The van der Waals surface area contributed by atoms with Gasteiger partial charge in [0.1, 0.15) is 24.3 Å². The molecule has 0 fully saturated rings. The Bertz CT molecular complexity index is 1230. The summed E-state index contributed by atoms with van der Waals surface area (Å²) >= 11 is 0. The van der Waals surface area contributed by atoms with E-state index < -0.39 is 12.3 Å². The maximum Gasteiger partial charge on any atom is 0.509 e. The standard InChI is InChI=1S/C28H27N3O4/c1-20(35-28(32)34-19-22-9-5-3-6-10-22)25-17-26(29-18-21-13-15-24(33-2)16-14-21)30-31-27(25)23-11-7-4-8-12-23/h3-17,20H,18-19H2,1-2H3,(H,29,30). The number of methoxy groups -OCH3 is 1. The monoisotopic (exact) mass is 469 g/mol. The Labute approximate surface area is 204 Å². The van der Waals surface area contributed by atoms with E-state index in [0.29, 0.717) is 18.1 Å². The zero-order valence-electron chi connectivity index (χ0n) is 19.7. The average Bonchev–Trinajstić information content (AvgIpc) is 2.92. The lowest BCUT2D eigenvalue weighted by molar-refractivity contribution is 0.0240.